The Morgan fingerprint density at radius 2 is 1.81 bits per heavy atom. The first-order chi connectivity index (χ1) is 12.6. The number of aryl methyl sites for hydroxylation is 1. The number of hydrogen-bond donors (Lipinski definition) is 2. The van der Waals surface area contributed by atoms with Crippen LogP contribution < -0.4 is 10.6 Å². The molecule has 27 heavy (non-hydrogen) atoms. The van der Waals surface area contributed by atoms with Gasteiger partial charge in [-0.3, -0.25) is 14.5 Å². The minimum atomic E-state index is -0.384. The van der Waals surface area contributed by atoms with Crippen molar-refractivity contribution in [1.29, 1.82) is 0 Å². The number of anilines is 1. The largest absolute Gasteiger partial charge is 0.462 e. The molecule has 0 unspecified atom stereocenters. The number of nitrogens with zero attached hydrogens (tertiary/aromatic N) is 1. The van der Waals surface area contributed by atoms with Crippen molar-refractivity contribution in [2.75, 3.05) is 32.1 Å². The Morgan fingerprint density at radius 1 is 1.15 bits per heavy atom. The number of carbonyl (C=O) groups is 3. The van der Waals surface area contributed by atoms with E-state index in [4.69, 9.17) is 4.74 Å². The van der Waals surface area contributed by atoms with Gasteiger partial charge < -0.3 is 15.4 Å². The summed E-state index contributed by atoms with van der Waals surface area (Å²) in [5, 5.41) is 6.25. The predicted octanol–water partition coefficient (Wildman–Crippen LogP) is 2.20. The average Bonchev–Trinajstić information content (AvgIpc) is 3.04. The van der Waals surface area contributed by atoms with E-state index in [1.807, 2.05) is 20.8 Å². The van der Waals surface area contributed by atoms with Gasteiger partial charge in [-0.1, -0.05) is 0 Å². The van der Waals surface area contributed by atoms with Crippen LogP contribution >= 0.6 is 11.3 Å². The Labute approximate surface area is 164 Å². The summed E-state index contributed by atoms with van der Waals surface area (Å²) in [6, 6.07) is 0. The number of likely N-dealkylation sites (N-methyl/N-ethyl adjacent to an activating group) is 1. The normalized spacial score (nSPS) is 13.4. The molecule has 0 bridgehead atoms. The molecule has 1 aliphatic rings. The van der Waals surface area contributed by atoms with Gasteiger partial charge in [0.2, 0.25) is 11.8 Å². The van der Waals surface area contributed by atoms with Gasteiger partial charge >= 0.3 is 5.97 Å². The summed E-state index contributed by atoms with van der Waals surface area (Å²) in [7, 11) is 1.71. The van der Waals surface area contributed by atoms with E-state index < -0.39 is 0 Å². The van der Waals surface area contributed by atoms with E-state index in [1.54, 1.807) is 18.9 Å². The highest BCUT2D eigenvalue weighted by atomic mass is 32.1. The van der Waals surface area contributed by atoms with Crippen LogP contribution in [-0.4, -0.2) is 55.0 Å². The number of rotatable bonds is 7. The molecule has 0 saturated carbocycles. The van der Waals surface area contributed by atoms with Crippen LogP contribution in [0.1, 0.15) is 54.9 Å². The third-order valence-electron chi connectivity index (χ3n) is 4.00. The molecule has 150 valence electrons. The predicted molar refractivity (Wildman–Crippen MR) is 106 cm³/mol. The quantitative estimate of drug-likeness (QED) is 0.691. The maximum Gasteiger partial charge on any atom is 0.341 e. The van der Waals surface area contributed by atoms with Gasteiger partial charge in [-0.05, 0) is 59.6 Å². The van der Waals surface area contributed by atoms with Crippen LogP contribution in [0.25, 0.3) is 0 Å². The summed E-state index contributed by atoms with van der Waals surface area (Å²) in [6.45, 7) is 7.96. The summed E-state index contributed by atoms with van der Waals surface area (Å²) in [6.07, 6.45) is 2.78. The first-order valence-corrected chi connectivity index (χ1v) is 10.0. The lowest BCUT2D eigenvalue weighted by molar-refractivity contribution is -0.124. The van der Waals surface area contributed by atoms with Crippen LogP contribution in [0.5, 0.6) is 0 Å². The van der Waals surface area contributed by atoms with Crippen LogP contribution in [0.15, 0.2) is 0 Å². The molecule has 1 aromatic rings. The average molecular weight is 396 g/mol. The molecule has 2 rings (SSSR count). The van der Waals surface area contributed by atoms with Crippen molar-refractivity contribution in [3.63, 3.8) is 0 Å². The fraction of sp³-hybridized carbons (Fsp3) is 0.632. The van der Waals surface area contributed by atoms with Crippen molar-refractivity contribution in [3.8, 4) is 0 Å². The van der Waals surface area contributed by atoms with E-state index in [1.165, 1.54) is 11.3 Å². The molecule has 0 atom stereocenters. The van der Waals surface area contributed by atoms with E-state index in [0.29, 0.717) is 17.2 Å². The molecule has 1 aromatic heterocycles. The number of esters is 1. The van der Waals surface area contributed by atoms with Gasteiger partial charge in [0, 0.05) is 10.4 Å². The maximum absolute atomic E-state index is 12.4. The zero-order valence-corrected chi connectivity index (χ0v) is 17.5. The molecule has 0 saturated heterocycles. The van der Waals surface area contributed by atoms with Crippen molar-refractivity contribution in [1.82, 2.24) is 10.2 Å². The zero-order chi connectivity index (χ0) is 20.2. The topological polar surface area (TPSA) is 87.7 Å². The van der Waals surface area contributed by atoms with Crippen LogP contribution in [0.2, 0.25) is 0 Å². The van der Waals surface area contributed by atoms with E-state index in [9.17, 15) is 14.4 Å². The number of hydrogen-bond acceptors (Lipinski definition) is 6. The number of carbonyl (C=O) groups excluding carboxylic acids is 3. The Hall–Kier alpha value is -1.93. The summed E-state index contributed by atoms with van der Waals surface area (Å²) in [5.74, 6) is -0.781. The Morgan fingerprint density at radius 3 is 2.44 bits per heavy atom. The Kier molecular flexibility index (Phi) is 7.00. The van der Waals surface area contributed by atoms with Crippen molar-refractivity contribution >= 4 is 34.1 Å². The molecule has 2 N–H and O–H groups in total. The molecule has 1 heterocycles. The molecular weight excluding hydrogens is 366 g/mol. The number of nitrogens with one attached hydrogen (secondary N) is 2. The highest BCUT2D eigenvalue weighted by Crippen LogP contribution is 2.39. The van der Waals surface area contributed by atoms with Gasteiger partial charge in [-0.25, -0.2) is 4.79 Å². The smallest absolute Gasteiger partial charge is 0.341 e. The number of thiophene rings is 1. The molecule has 1 aliphatic carbocycles. The fourth-order valence-electron chi connectivity index (χ4n) is 3.08. The highest BCUT2D eigenvalue weighted by molar-refractivity contribution is 7.17. The van der Waals surface area contributed by atoms with Crippen LogP contribution in [0, 0.1) is 0 Å². The van der Waals surface area contributed by atoms with Gasteiger partial charge in [0.1, 0.15) is 5.00 Å². The molecule has 0 radical (unpaired) electrons. The molecule has 0 aromatic carbocycles. The Balaban J connectivity index is 1.99. The van der Waals surface area contributed by atoms with Crippen LogP contribution in [0.4, 0.5) is 5.00 Å². The molecule has 8 heteroatoms. The second-order valence-electron chi connectivity index (χ2n) is 7.80. The van der Waals surface area contributed by atoms with Crippen molar-refractivity contribution in [2.24, 2.45) is 0 Å². The minimum Gasteiger partial charge on any atom is -0.462 e. The second-order valence-corrected chi connectivity index (χ2v) is 8.91. The van der Waals surface area contributed by atoms with Gasteiger partial charge in [-0.15, -0.1) is 11.3 Å². The van der Waals surface area contributed by atoms with Crippen molar-refractivity contribution in [2.45, 2.75) is 52.5 Å². The van der Waals surface area contributed by atoms with Crippen LogP contribution in [0.3, 0.4) is 0 Å². The third kappa shape index (κ3) is 6.04. The standard InChI is InChI=1S/C19H29N3O4S/c1-6-26-18(25)16-12-8-7-9-13(12)27-17(16)20-14(23)10-22(5)11-15(24)21-19(2,3)4/h6-11H2,1-5H3,(H,20,23)(H,21,24). The lowest BCUT2D eigenvalue weighted by Gasteiger charge is -2.23. The molecule has 7 nitrogen and oxygen atoms in total. The van der Waals surface area contributed by atoms with Crippen LogP contribution in [-0.2, 0) is 27.2 Å². The summed E-state index contributed by atoms with van der Waals surface area (Å²) in [4.78, 5) is 39.5. The molecule has 0 fully saturated rings. The molecule has 0 spiro atoms. The Bertz CT molecular complexity index is 721. The first-order valence-electron chi connectivity index (χ1n) is 9.21. The highest BCUT2D eigenvalue weighted by Gasteiger charge is 2.28. The van der Waals surface area contributed by atoms with Gasteiger partial charge in [-0.2, -0.15) is 0 Å². The number of amides is 2. The van der Waals surface area contributed by atoms with E-state index in [2.05, 4.69) is 10.6 Å². The summed E-state index contributed by atoms with van der Waals surface area (Å²) >= 11 is 1.45. The molecular formula is C19H29N3O4S. The molecule has 2 amide bonds. The third-order valence-corrected chi connectivity index (χ3v) is 5.20. The SMILES string of the molecule is CCOC(=O)c1c(NC(=O)CN(C)CC(=O)NC(C)(C)C)sc2c1CCC2. The summed E-state index contributed by atoms with van der Waals surface area (Å²) < 4.78 is 5.17. The van der Waals surface area contributed by atoms with Gasteiger partial charge in [0.25, 0.3) is 0 Å². The number of ether oxygens (including phenoxy) is 1. The zero-order valence-electron chi connectivity index (χ0n) is 16.7. The fourth-order valence-corrected chi connectivity index (χ4v) is 4.38. The van der Waals surface area contributed by atoms with E-state index >= 15 is 0 Å². The first kappa shape index (κ1) is 21.4. The van der Waals surface area contributed by atoms with Crippen molar-refractivity contribution < 1.29 is 19.1 Å². The minimum absolute atomic E-state index is 0.0579. The number of fused-ring (bicyclic) bond motifs is 1. The maximum atomic E-state index is 12.4. The van der Waals surface area contributed by atoms with E-state index in [0.717, 1.165) is 29.7 Å². The monoisotopic (exact) mass is 395 g/mol. The summed E-state index contributed by atoms with van der Waals surface area (Å²) in [5.41, 5.74) is 1.19. The van der Waals surface area contributed by atoms with Gasteiger partial charge in [0.15, 0.2) is 0 Å². The van der Waals surface area contributed by atoms with E-state index in [-0.39, 0.29) is 36.4 Å². The second kappa shape index (κ2) is 8.84. The van der Waals surface area contributed by atoms with Crippen molar-refractivity contribution in [3.05, 3.63) is 16.0 Å². The lowest BCUT2D eigenvalue weighted by Crippen LogP contribution is -2.46. The lowest BCUT2D eigenvalue weighted by atomic mass is 10.1. The van der Waals surface area contributed by atoms with Gasteiger partial charge in [0.05, 0.1) is 25.3 Å². The molecule has 0 aliphatic heterocycles.